The van der Waals surface area contributed by atoms with Crippen molar-refractivity contribution in [1.29, 1.82) is 0 Å². The van der Waals surface area contributed by atoms with Crippen LogP contribution in [0.25, 0.3) is 89.1 Å². The first-order valence-corrected chi connectivity index (χ1v) is 21.6. The Hall–Kier alpha value is -8.54. The van der Waals surface area contributed by atoms with Gasteiger partial charge in [-0.3, -0.25) is 9.97 Å². The molecule has 1 spiro atoms. The molecule has 0 unspecified atom stereocenters. The first-order chi connectivity index (χ1) is 31.7. The minimum absolute atomic E-state index is 0.582. The second-order valence-corrected chi connectivity index (χ2v) is 16.5. The highest BCUT2D eigenvalue weighted by Gasteiger charge is 2.51. The zero-order chi connectivity index (χ0) is 42.2. The summed E-state index contributed by atoms with van der Waals surface area (Å²) in [6, 6.07) is 72.9. The SMILES string of the molecule is c1ccc(-c2nc3ccc(-c4ccc(-c5cc(-c6ccccn6)nc(-c6ccccn6)c5)cc4)cc3c3c4c(ccc23)C2(c3ccccc3O4)c3ccccc3-c3ccccc32)cc1. The predicted molar refractivity (Wildman–Crippen MR) is 257 cm³/mol. The Kier molecular flexibility index (Phi) is 8.06. The number of fused-ring (bicyclic) bond motifs is 13. The lowest BCUT2D eigenvalue weighted by Crippen LogP contribution is -2.32. The van der Waals surface area contributed by atoms with E-state index >= 15 is 0 Å². The number of para-hydroxylation sites is 1. The Labute approximate surface area is 370 Å². The van der Waals surface area contributed by atoms with Gasteiger partial charge in [0.2, 0.25) is 0 Å². The minimum Gasteiger partial charge on any atom is -0.456 e. The van der Waals surface area contributed by atoms with Crippen molar-refractivity contribution in [2.45, 2.75) is 5.41 Å². The van der Waals surface area contributed by atoms with Crippen molar-refractivity contribution in [3.8, 4) is 78.9 Å². The summed E-state index contributed by atoms with van der Waals surface area (Å²) < 4.78 is 7.26. The molecule has 11 aromatic rings. The predicted octanol–water partition coefficient (Wildman–Crippen LogP) is 14.4. The monoisotopic (exact) mass is 816 g/mol. The van der Waals surface area contributed by atoms with E-state index < -0.39 is 5.41 Å². The van der Waals surface area contributed by atoms with Crippen molar-refractivity contribution < 1.29 is 4.74 Å². The van der Waals surface area contributed by atoms with E-state index in [0.29, 0.717) is 0 Å². The highest BCUT2D eigenvalue weighted by molar-refractivity contribution is 6.16. The molecule has 298 valence electrons. The number of hydrogen-bond acceptors (Lipinski definition) is 5. The number of aromatic nitrogens is 4. The molecule has 5 heterocycles. The maximum atomic E-state index is 7.26. The molecule has 0 saturated heterocycles. The molecule has 0 amide bonds. The molecule has 0 N–H and O–H groups in total. The molecule has 0 bridgehead atoms. The summed E-state index contributed by atoms with van der Waals surface area (Å²) in [4.78, 5) is 19.6. The van der Waals surface area contributed by atoms with Gasteiger partial charge in [-0.05, 0) is 99.1 Å². The van der Waals surface area contributed by atoms with E-state index in [1.807, 2.05) is 36.4 Å². The van der Waals surface area contributed by atoms with E-state index in [4.69, 9.17) is 14.7 Å². The molecule has 1 aliphatic carbocycles. The van der Waals surface area contributed by atoms with Gasteiger partial charge in [0.1, 0.15) is 11.5 Å². The molecule has 5 nitrogen and oxygen atoms in total. The summed E-state index contributed by atoms with van der Waals surface area (Å²) in [6.07, 6.45) is 3.60. The van der Waals surface area contributed by atoms with Crippen LogP contribution in [0.4, 0.5) is 0 Å². The van der Waals surface area contributed by atoms with Gasteiger partial charge in [0.25, 0.3) is 0 Å². The lowest BCUT2D eigenvalue weighted by molar-refractivity contribution is 0.442. The van der Waals surface area contributed by atoms with Gasteiger partial charge in [0.15, 0.2) is 0 Å². The van der Waals surface area contributed by atoms with Crippen LogP contribution in [0.2, 0.25) is 0 Å². The number of pyridine rings is 4. The third kappa shape index (κ3) is 5.44. The zero-order valence-corrected chi connectivity index (χ0v) is 34.5. The molecule has 0 atom stereocenters. The molecule has 5 heteroatoms. The second kappa shape index (κ2) is 14.3. The van der Waals surface area contributed by atoms with E-state index in [1.54, 1.807) is 12.4 Å². The first-order valence-electron chi connectivity index (χ1n) is 21.6. The van der Waals surface area contributed by atoms with Gasteiger partial charge < -0.3 is 4.74 Å². The van der Waals surface area contributed by atoms with Crippen molar-refractivity contribution in [2.75, 3.05) is 0 Å². The molecule has 2 aliphatic rings. The van der Waals surface area contributed by atoms with E-state index in [9.17, 15) is 0 Å². The van der Waals surface area contributed by atoms with Gasteiger partial charge in [-0.25, -0.2) is 9.97 Å². The molecular formula is C59H36N4O. The third-order valence-electron chi connectivity index (χ3n) is 13.0. The van der Waals surface area contributed by atoms with Gasteiger partial charge in [-0.1, -0.05) is 152 Å². The topological polar surface area (TPSA) is 60.8 Å². The van der Waals surface area contributed by atoms with Crippen LogP contribution in [-0.4, -0.2) is 19.9 Å². The van der Waals surface area contributed by atoms with Crippen LogP contribution >= 0.6 is 0 Å². The lowest BCUT2D eigenvalue weighted by Gasteiger charge is -2.40. The fourth-order valence-corrected chi connectivity index (χ4v) is 10.2. The summed E-state index contributed by atoms with van der Waals surface area (Å²) in [7, 11) is 0. The van der Waals surface area contributed by atoms with Crippen molar-refractivity contribution in [2.24, 2.45) is 0 Å². The Bertz CT molecular complexity index is 3520. The Morgan fingerprint density at radius 1 is 0.359 bits per heavy atom. The Morgan fingerprint density at radius 3 is 1.59 bits per heavy atom. The molecule has 13 rings (SSSR count). The summed E-state index contributed by atoms with van der Waals surface area (Å²) in [5, 5.41) is 3.14. The normalized spacial score (nSPS) is 12.9. The average molecular weight is 817 g/mol. The number of nitrogens with zero attached hydrogens (tertiary/aromatic N) is 4. The van der Waals surface area contributed by atoms with Gasteiger partial charge in [-0.15, -0.1) is 0 Å². The standard InChI is InChI=1S/C59H36N4O/c1-2-14-39(15-3-1)57-44-29-30-49-58(64-55-23-9-8-20-48(55)59(49)46-18-6-4-16-42(46)43-17-5-7-19-47(43)59)56(44)45-34-40(28-31-50(45)63-57)37-24-26-38(27-25-37)41-35-53(51-21-10-12-32-60-51)62-54(36-41)52-22-11-13-33-61-52/h1-36H. The maximum Gasteiger partial charge on any atom is 0.140 e. The van der Waals surface area contributed by atoms with E-state index in [-0.39, 0.29) is 0 Å². The average Bonchev–Trinajstić information content (AvgIpc) is 3.67. The molecule has 64 heavy (non-hydrogen) atoms. The number of benzene rings is 7. The van der Waals surface area contributed by atoms with E-state index in [0.717, 1.165) is 101 Å². The Balaban J connectivity index is 1.02. The highest BCUT2D eigenvalue weighted by Crippen LogP contribution is 2.63. The third-order valence-corrected chi connectivity index (χ3v) is 13.0. The molecule has 0 saturated carbocycles. The maximum absolute atomic E-state index is 7.26. The van der Waals surface area contributed by atoms with Crippen molar-refractivity contribution in [3.63, 3.8) is 0 Å². The first kappa shape index (κ1) is 36.1. The van der Waals surface area contributed by atoms with E-state index in [1.165, 1.54) is 22.3 Å². The van der Waals surface area contributed by atoms with Crippen LogP contribution in [-0.2, 0) is 5.41 Å². The van der Waals surface area contributed by atoms with Gasteiger partial charge >= 0.3 is 0 Å². The molecular weight excluding hydrogens is 781 g/mol. The van der Waals surface area contributed by atoms with Crippen LogP contribution in [0.1, 0.15) is 22.3 Å². The van der Waals surface area contributed by atoms with Gasteiger partial charge in [-0.2, -0.15) is 0 Å². The molecule has 1 aliphatic heterocycles. The summed E-state index contributed by atoms with van der Waals surface area (Å²) >= 11 is 0. The minimum atomic E-state index is -0.582. The van der Waals surface area contributed by atoms with Crippen LogP contribution in [0, 0.1) is 0 Å². The summed E-state index contributed by atoms with van der Waals surface area (Å²) in [6.45, 7) is 0. The van der Waals surface area contributed by atoms with Crippen LogP contribution in [0.5, 0.6) is 11.5 Å². The quantitative estimate of drug-likeness (QED) is 0.162. The molecule has 0 radical (unpaired) electrons. The number of hydrogen-bond donors (Lipinski definition) is 0. The van der Waals surface area contributed by atoms with Crippen molar-refractivity contribution in [1.82, 2.24) is 19.9 Å². The number of ether oxygens (including phenoxy) is 1. The fraction of sp³-hybridized carbons (Fsp3) is 0.0169. The number of rotatable bonds is 5. The smallest absolute Gasteiger partial charge is 0.140 e. The van der Waals surface area contributed by atoms with Crippen molar-refractivity contribution in [3.05, 3.63) is 241 Å². The molecule has 4 aromatic heterocycles. The van der Waals surface area contributed by atoms with Gasteiger partial charge in [0.05, 0.1) is 39.4 Å². The van der Waals surface area contributed by atoms with Crippen LogP contribution in [0.15, 0.2) is 219 Å². The van der Waals surface area contributed by atoms with Gasteiger partial charge in [0, 0.05) is 45.2 Å². The second-order valence-electron chi connectivity index (χ2n) is 16.5. The molecule has 0 fully saturated rings. The van der Waals surface area contributed by atoms with Crippen LogP contribution < -0.4 is 4.74 Å². The van der Waals surface area contributed by atoms with Crippen molar-refractivity contribution >= 4 is 21.7 Å². The summed E-state index contributed by atoms with van der Waals surface area (Å²) in [5.74, 6) is 1.73. The highest BCUT2D eigenvalue weighted by atomic mass is 16.5. The largest absolute Gasteiger partial charge is 0.456 e. The summed E-state index contributed by atoms with van der Waals surface area (Å²) in [5.41, 5.74) is 17.2. The molecule has 7 aromatic carbocycles. The van der Waals surface area contributed by atoms with Crippen LogP contribution in [0.3, 0.4) is 0 Å². The van der Waals surface area contributed by atoms with E-state index in [2.05, 4.69) is 180 Å². The Morgan fingerprint density at radius 2 is 0.938 bits per heavy atom. The zero-order valence-electron chi connectivity index (χ0n) is 34.5. The fourth-order valence-electron chi connectivity index (χ4n) is 10.2. The lowest BCUT2D eigenvalue weighted by atomic mass is 9.65.